The van der Waals surface area contributed by atoms with Crippen LogP contribution in [0.25, 0.3) is 0 Å². The molecular weight excluding hydrogens is 214 g/mol. The largest absolute Gasteiger partial charge is 0.279 e. The molecule has 2 saturated carbocycles. The van der Waals surface area contributed by atoms with E-state index >= 15 is 0 Å². The molecule has 0 spiro atoms. The van der Waals surface area contributed by atoms with E-state index in [1.54, 1.807) is 4.90 Å². The van der Waals surface area contributed by atoms with Crippen molar-refractivity contribution in [3.63, 3.8) is 0 Å². The van der Waals surface area contributed by atoms with Gasteiger partial charge in [0, 0.05) is 6.04 Å². The molecule has 0 aromatic heterocycles. The van der Waals surface area contributed by atoms with Crippen LogP contribution in [0.2, 0.25) is 0 Å². The van der Waals surface area contributed by atoms with Crippen molar-refractivity contribution in [2.75, 3.05) is 0 Å². The molecular formula is C14H17NO2. The SMILES string of the molecule is O=C1[C@@H]2[C@H](C(=O)N1C1CCCC1)[C@@H]1C=C[C@H]2C1. The Morgan fingerprint density at radius 2 is 1.47 bits per heavy atom. The van der Waals surface area contributed by atoms with E-state index in [2.05, 4.69) is 12.2 Å². The fourth-order valence-electron chi connectivity index (χ4n) is 4.45. The molecule has 0 unspecified atom stereocenters. The smallest absolute Gasteiger partial charge is 0.233 e. The van der Waals surface area contributed by atoms with Crippen LogP contribution in [0.4, 0.5) is 0 Å². The van der Waals surface area contributed by atoms with Crippen molar-refractivity contribution >= 4 is 11.8 Å². The third kappa shape index (κ3) is 1.12. The molecule has 1 aliphatic heterocycles. The highest BCUT2D eigenvalue weighted by molar-refractivity contribution is 6.06. The molecule has 0 aromatic carbocycles. The van der Waals surface area contributed by atoms with Crippen LogP contribution >= 0.6 is 0 Å². The van der Waals surface area contributed by atoms with Crippen LogP contribution in [0, 0.1) is 23.7 Å². The summed E-state index contributed by atoms with van der Waals surface area (Å²) in [6, 6.07) is 0.222. The Morgan fingerprint density at radius 3 is 2.00 bits per heavy atom. The maximum Gasteiger partial charge on any atom is 0.233 e. The van der Waals surface area contributed by atoms with E-state index in [4.69, 9.17) is 0 Å². The van der Waals surface area contributed by atoms with Gasteiger partial charge in [0.1, 0.15) is 0 Å². The Morgan fingerprint density at radius 1 is 0.941 bits per heavy atom. The van der Waals surface area contributed by atoms with Crippen LogP contribution in [0.5, 0.6) is 0 Å². The number of nitrogens with zero attached hydrogens (tertiary/aromatic N) is 1. The second kappa shape index (κ2) is 3.21. The molecule has 2 bridgehead atoms. The van der Waals surface area contributed by atoms with Gasteiger partial charge in [0.25, 0.3) is 0 Å². The zero-order chi connectivity index (χ0) is 11.6. The average Bonchev–Trinajstić information content (AvgIpc) is 3.03. The molecule has 3 aliphatic carbocycles. The van der Waals surface area contributed by atoms with E-state index in [0.717, 1.165) is 19.3 Å². The fraction of sp³-hybridized carbons (Fsp3) is 0.714. The van der Waals surface area contributed by atoms with E-state index in [1.807, 2.05) is 0 Å². The highest BCUT2D eigenvalue weighted by atomic mass is 16.2. The first-order valence-electron chi connectivity index (χ1n) is 6.82. The van der Waals surface area contributed by atoms with E-state index < -0.39 is 0 Å². The van der Waals surface area contributed by atoms with Crippen molar-refractivity contribution in [2.45, 2.75) is 38.1 Å². The summed E-state index contributed by atoms with van der Waals surface area (Å²) in [4.78, 5) is 26.5. The second-order valence-electron chi connectivity index (χ2n) is 5.98. The minimum Gasteiger partial charge on any atom is -0.279 e. The molecule has 1 saturated heterocycles. The summed E-state index contributed by atoms with van der Waals surface area (Å²) < 4.78 is 0. The Balaban J connectivity index is 1.68. The number of amides is 2. The number of allylic oxidation sites excluding steroid dienone is 2. The molecule has 0 N–H and O–H groups in total. The quantitative estimate of drug-likeness (QED) is 0.509. The van der Waals surface area contributed by atoms with E-state index in [9.17, 15) is 9.59 Å². The molecule has 4 rings (SSSR count). The molecule has 17 heavy (non-hydrogen) atoms. The van der Waals surface area contributed by atoms with Gasteiger partial charge in [0.2, 0.25) is 11.8 Å². The van der Waals surface area contributed by atoms with Crippen LogP contribution in [0.3, 0.4) is 0 Å². The summed E-state index contributed by atoms with van der Waals surface area (Å²) in [5.74, 6) is 0.990. The molecule has 90 valence electrons. The number of rotatable bonds is 1. The molecule has 4 aliphatic rings. The maximum atomic E-state index is 12.4. The van der Waals surface area contributed by atoms with Gasteiger partial charge in [0.05, 0.1) is 11.8 Å². The standard InChI is InChI=1S/C14H17NO2/c16-13-11-8-5-6-9(7-8)12(11)14(17)15(13)10-3-1-2-4-10/h5-6,8-12H,1-4,7H2/t8-,9+,11-,12+. The summed E-state index contributed by atoms with van der Waals surface area (Å²) in [7, 11) is 0. The Bertz CT molecular complexity index is 392. The summed E-state index contributed by atoms with van der Waals surface area (Å²) in [6.07, 6.45) is 9.75. The molecule has 3 fully saturated rings. The van der Waals surface area contributed by atoms with E-state index in [-0.39, 0.29) is 29.7 Å². The average molecular weight is 231 g/mol. The number of likely N-dealkylation sites (tertiary alicyclic amines) is 1. The van der Waals surface area contributed by atoms with Crippen molar-refractivity contribution in [3.05, 3.63) is 12.2 Å². The van der Waals surface area contributed by atoms with Crippen LogP contribution in [0.15, 0.2) is 12.2 Å². The minimum atomic E-state index is -0.00176. The number of hydrogen-bond donors (Lipinski definition) is 0. The molecule has 1 heterocycles. The highest BCUT2D eigenvalue weighted by Gasteiger charge is 2.60. The van der Waals surface area contributed by atoms with Gasteiger partial charge in [-0.25, -0.2) is 0 Å². The van der Waals surface area contributed by atoms with Crippen LogP contribution < -0.4 is 0 Å². The van der Waals surface area contributed by atoms with Crippen molar-refractivity contribution in [1.29, 1.82) is 0 Å². The predicted octanol–water partition coefficient (Wildman–Crippen LogP) is 1.74. The van der Waals surface area contributed by atoms with Gasteiger partial charge in [-0.3, -0.25) is 14.5 Å². The molecule has 3 nitrogen and oxygen atoms in total. The van der Waals surface area contributed by atoms with E-state index in [1.165, 1.54) is 12.8 Å². The van der Waals surface area contributed by atoms with Gasteiger partial charge in [0.15, 0.2) is 0 Å². The van der Waals surface area contributed by atoms with Gasteiger partial charge in [-0.2, -0.15) is 0 Å². The summed E-state index contributed by atoms with van der Waals surface area (Å²) in [5.41, 5.74) is 0. The Hall–Kier alpha value is -1.12. The zero-order valence-electron chi connectivity index (χ0n) is 9.84. The third-order valence-electron chi connectivity index (χ3n) is 5.19. The maximum absolute atomic E-state index is 12.4. The normalized spacial score (nSPS) is 44.1. The predicted molar refractivity (Wildman–Crippen MR) is 61.8 cm³/mol. The Kier molecular flexibility index (Phi) is 1.86. The lowest BCUT2D eigenvalue weighted by Crippen LogP contribution is -2.40. The zero-order valence-corrected chi connectivity index (χ0v) is 9.84. The van der Waals surface area contributed by atoms with Crippen molar-refractivity contribution in [3.8, 4) is 0 Å². The van der Waals surface area contributed by atoms with Crippen molar-refractivity contribution in [1.82, 2.24) is 4.90 Å². The third-order valence-corrected chi connectivity index (χ3v) is 5.19. The topological polar surface area (TPSA) is 37.4 Å². The van der Waals surface area contributed by atoms with Crippen LogP contribution in [-0.4, -0.2) is 22.8 Å². The van der Waals surface area contributed by atoms with Gasteiger partial charge in [-0.1, -0.05) is 25.0 Å². The Labute approximate surface area is 101 Å². The lowest BCUT2D eigenvalue weighted by atomic mass is 9.85. The van der Waals surface area contributed by atoms with Crippen LogP contribution in [-0.2, 0) is 9.59 Å². The minimum absolute atomic E-state index is 0.00176. The molecule has 4 atom stereocenters. The van der Waals surface area contributed by atoms with Crippen LogP contribution in [0.1, 0.15) is 32.1 Å². The van der Waals surface area contributed by atoms with Gasteiger partial charge in [-0.05, 0) is 31.1 Å². The lowest BCUT2D eigenvalue weighted by Gasteiger charge is -2.23. The number of hydrogen-bond acceptors (Lipinski definition) is 2. The first kappa shape index (κ1) is 9.86. The molecule has 0 radical (unpaired) electrons. The van der Waals surface area contributed by atoms with E-state index in [0.29, 0.717) is 11.8 Å². The molecule has 3 heteroatoms. The highest BCUT2D eigenvalue weighted by Crippen LogP contribution is 2.53. The van der Waals surface area contributed by atoms with Crippen molar-refractivity contribution < 1.29 is 9.59 Å². The van der Waals surface area contributed by atoms with Crippen molar-refractivity contribution in [2.24, 2.45) is 23.7 Å². The fourth-order valence-corrected chi connectivity index (χ4v) is 4.45. The summed E-state index contributed by atoms with van der Waals surface area (Å²) >= 11 is 0. The first-order chi connectivity index (χ1) is 8.27. The number of imide groups is 1. The monoisotopic (exact) mass is 231 g/mol. The summed E-state index contributed by atoms with van der Waals surface area (Å²) in [5, 5.41) is 0. The molecule has 2 amide bonds. The number of fused-ring (bicyclic) bond motifs is 5. The number of carbonyl (C=O) groups excluding carboxylic acids is 2. The van der Waals surface area contributed by atoms with Gasteiger partial charge in [-0.15, -0.1) is 0 Å². The summed E-state index contributed by atoms with van der Waals surface area (Å²) in [6.45, 7) is 0. The van der Waals surface area contributed by atoms with Gasteiger partial charge >= 0.3 is 0 Å². The van der Waals surface area contributed by atoms with Gasteiger partial charge < -0.3 is 0 Å². The first-order valence-corrected chi connectivity index (χ1v) is 6.82. The second-order valence-corrected chi connectivity index (χ2v) is 5.98. The lowest BCUT2D eigenvalue weighted by molar-refractivity contribution is -0.143. The molecule has 0 aromatic rings. The number of carbonyl (C=O) groups is 2.